The van der Waals surface area contributed by atoms with Gasteiger partial charge in [-0.3, -0.25) is 0 Å². The van der Waals surface area contributed by atoms with Crippen LogP contribution in [0.4, 0.5) is 0 Å². The Morgan fingerprint density at radius 1 is 1.29 bits per heavy atom. The lowest BCUT2D eigenvalue weighted by Gasteiger charge is -2.21. The highest BCUT2D eigenvalue weighted by Gasteiger charge is 2.27. The normalized spacial score (nSPS) is 11.9. The number of carbonyl (C=O) groups is 1. The Labute approximate surface area is 132 Å². The molecule has 1 rings (SSSR count). The molecule has 0 saturated heterocycles. The molecule has 0 radical (unpaired) electrons. The van der Waals surface area contributed by atoms with Gasteiger partial charge in [0.05, 0.1) is 15.6 Å². The topological polar surface area (TPSA) is 94.9 Å². The lowest BCUT2D eigenvalue weighted by atomic mass is 10.2. The first-order valence-electron chi connectivity index (χ1n) is 6.09. The van der Waals surface area contributed by atoms with Gasteiger partial charge in [0.15, 0.2) is 0 Å². The van der Waals surface area contributed by atoms with Crippen LogP contribution in [-0.2, 0) is 10.0 Å². The molecule has 0 amide bonds. The van der Waals surface area contributed by atoms with E-state index in [1.54, 1.807) is 6.92 Å². The zero-order chi connectivity index (χ0) is 16.2. The van der Waals surface area contributed by atoms with E-state index >= 15 is 0 Å². The van der Waals surface area contributed by atoms with Crippen molar-refractivity contribution in [2.75, 3.05) is 19.7 Å². The van der Waals surface area contributed by atoms with E-state index in [-0.39, 0.29) is 46.6 Å². The van der Waals surface area contributed by atoms with Gasteiger partial charge in [-0.2, -0.15) is 4.31 Å². The van der Waals surface area contributed by atoms with Crippen molar-refractivity contribution in [3.8, 4) is 0 Å². The molecule has 0 aliphatic heterocycles. The van der Waals surface area contributed by atoms with Crippen LogP contribution in [0, 0.1) is 0 Å². The second kappa shape index (κ2) is 7.42. The molecule has 0 heterocycles. The number of carboxylic acids is 1. The maximum Gasteiger partial charge on any atom is 0.337 e. The van der Waals surface area contributed by atoms with Gasteiger partial charge in [-0.05, 0) is 18.6 Å². The first-order chi connectivity index (χ1) is 9.75. The Balaban J connectivity index is 3.36. The zero-order valence-corrected chi connectivity index (χ0v) is 13.5. The third kappa shape index (κ3) is 4.08. The molecule has 0 atom stereocenters. The molecular formula is C12H15Cl2NO5S. The van der Waals surface area contributed by atoms with Crippen molar-refractivity contribution in [2.24, 2.45) is 0 Å². The average Bonchev–Trinajstić information content (AvgIpc) is 2.38. The number of nitrogens with zero attached hydrogens (tertiary/aromatic N) is 1. The van der Waals surface area contributed by atoms with Crippen LogP contribution >= 0.6 is 23.2 Å². The number of hydrogen-bond acceptors (Lipinski definition) is 4. The van der Waals surface area contributed by atoms with Gasteiger partial charge in [-0.1, -0.05) is 30.1 Å². The number of aliphatic hydroxyl groups is 1. The fraction of sp³-hybridized carbons (Fsp3) is 0.417. The van der Waals surface area contributed by atoms with E-state index in [9.17, 15) is 13.2 Å². The van der Waals surface area contributed by atoms with Gasteiger partial charge in [-0.25, -0.2) is 13.2 Å². The summed E-state index contributed by atoms with van der Waals surface area (Å²) in [6.07, 6.45) is 0.268. The van der Waals surface area contributed by atoms with Crippen molar-refractivity contribution < 1.29 is 23.4 Å². The minimum atomic E-state index is -3.96. The molecule has 21 heavy (non-hydrogen) atoms. The number of benzene rings is 1. The van der Waals surface area contributed by atoms with Crippen molar-refractivity contribution in [3.63, 3.8) is 0 Å². The Hall–Kier alpha value is -0.860. The van der Waals surface area contributed by atoms with Crippen molar-refractivity contribution in [1.82, 2.24) is 4.31 Å². The molecule has 2 N–H and O–H groups in total. The number of carboxylic acid groups (broad SMARTS) is 1. The minimum absolute atomic E-state index is 0.108. The average molecular weight is 356 g/mol. The highest BCUT2D eigenvalue weighted by Crippen LogP contribution is 2.30. The van der Waals surface area contributed by atoms with Crippen LogP contribution < -0.4 is 0 Å². The van der Waals surface area contributed by atoms with E-state index in [1.807, 2.05) is 0 Å². The molecule has 0 bridgehead atoms. The van der Waals surface area contributed by atoms with Crippen molar-refractivity contribution >= 4 is 39.2 Å². The highest BCUT2D eigenvalue weighted by molar-refractivity contribution is 7.89. The van der Waals surface area contributed by atoms with Crippen LogP contribution in [0.2, 0.25) is 10.0 Å². The van der Waals surface area contributed by atoms with Gasteiger partial charge in [0.2, 0.25) is 10.0 Å². The first kappa shape index (κ1) is 18.2. The summed E-state index contributed by atoms with van der Waals surface area (Å²) >= 11 is 11.6. The summed E-state index contributed by atoms with van der Waals surface area (Å²) in [7, 11) is -3.96. The van der Waals surface area contributed by atoms with Crippen LogP contribution in [0.15, 0.2) is 17.0 Å². The molecule has 0 aliphatic rings. The van der Waals surface area contributed by atoms with Crippen LogP contribution in [0.3, 0.4) is 0 Å². The summed E-state index contributed by atoms with van der Waals surface area (Å²) in [4.78, 5) is 10.7. The maximum atomic E-state index is 12.5. The van der Waals surface area contributed by atoms with Crippen molar-refractivity contribution in [1.29, 1.82) is 0 Å². The monoisotopic (exact) mass is 355 g/mol. The number of aromatic carboxylic acids is 1. The predicted molar refractivity (Wildman–Crippen MR) is 79.6 cm³/mol. The summed E-state index contributed by atoms with van der Waals surface area (Å²) in [5, 5.41) is 17.5. The van der Waals surface area contributed by atoms with Gasteiger partial charge in [0, 0.05) is 19.7 Å². The third-order valence-electron chi connectivity index (χ3n) is 2.79. The molecule has 0 saturated carbocycles. The number of hydrogen-bond donors (Lipinski definition) is 2. The number of aliphatic hydroxyl groups excluding tert-OH is 1. The number of rotatable bonds is 7. The third-order valence-corrected chi connectivity index (χ3v) is 5.54. The highest BCUT2D eigenvalue weighted by atomic mass is 35.5. The summed E-state index contributed by atoms with van der Waals surface area (Å²) in [6, 6.07) is 2.04. The first-order valence-corrected chi connectivity index (χ1v) is 8.28. The predicted octanol–water partition coefficient (Wildman–Crippen LogP) is 2.08. The van der Waals surface area contributed by atoms with E-state index in [0.29, 0.717) is 0 Å². The molecule has 0 fully saturated rings. The Morgan fingerprint density at radius 3 is 2.38 bits per heavy atom. The van der Waals surface area contributed by atoms with E-state index in [4.69, 9.17) is 33.4 Å². The van der Waals surface area contributed by atoms with Gasteiger partial charge < -0.3 is 10.2 Å². The van der Waals surface area contributed by atoms with Crippen LogP contribution in [0.5, 0.6) is 0 Å². The largest absolute Gasteiger partial charge is 0.478 e. The summed E-state index contributed by atoms with van der Waals surface area (Å²) in [5.41, 5.74) is -0.335. The van der Waals surface area contributed by atoms with Crippen LogP contribution in [0.25, 0.3) is 0 Å². The molecule has 0 aromatic heterocycles. The fourth-order valence-corrected chi connectivity index (χ4v) is 4.04. The Morgan fingerprint density at radius 2 is 1.90 bits per heavy atom. The molecule has 118 valence electrons. The smallest absolute Gasteiger partial charge is 0.337 e. The van der Waals surface area contributed by atoms with Gasteiger partial charge in [0.25, 0.3) is 0 Å². The van der Waals surface area contributed by atoms with Gasteiger partial charge >= 0.3 is 5.97 Å². The molecular weight excluding hydrogens is 341 g/mol. The number of sulfonamides is 1. The van der Waals surface area contributed by atoms with Gasteiger partial charge in [0.1, 0.15) is 4.90 Å². The summed E-state index contributed by atoms with van der Waals surface area (Å²) < 4.78 is 26.1. The van der Waals surface area contributed by atoms with Crippen LogP contribution in [-0.4, -0.2) is 48.6 Å². The van der Waals surface area contributed by atoms with E-state index in [1.165, 1.54) is 0 Å². The molecule has 6 nitrogen and oxygen atoms in total. The lowest BCUT2D eigenvalue weighted by Crippen LogP contribution is -2.32. The Kier molecular flexibility index (Phi) is 6.42. The quantitative estimate of drug-likeness (QED) is 0.780. The standard InChI is InChI=1S/C12H15Cl2NO5S/c1-2-15(4-3-5-16)21(19,20)11-6-8(12(17)18)9(13)7-10(11)14/h6-7,16H,2-5H2,1H3,(H,17,18). The Bertz CT molecular complexity index is 633. The fourth-order valence-electron chi connectivity index (χ4n) is 1.73. The second-order valence-corrected chi connectivity index (χ2v) is 6.86. The molecule has 0 unspecified atom stereocenters. The SMILES string of the molecule is CCN(CCCO)S(=O)(=O)c1cc(C(=O)O)c(Cl)cc1Cl. The van der Waals surface area contributed by atoms with Gasteiger partial charge in [-0.15, -0.1) is 0 Å². The van der Waals surface area contributed by atoms with E-state index < -0.39 is 16.0 Å². The van der Waals surface area contributed by atoms with E-state index in [0.717, 1.165) is 16.4 Å². The molecule has 0 spiro atoms. The molecule has 0 aliphatic carbocycles. The molecule has 1 aromatic rings. The van der Waals surface area contributed by atoms with Crippen molar-refractivity contribution in [2.45, 2.75) is 18.2 Å². The van der Waals surface area contributed by atoms with Crippen molar-refractivity contribution in [3.05, 3.63) is 27.7 Å². The lowest BCUT2D eigenvalue weighted by molar-refractivity contribution is 0.0697. The zero-order valence-electron chi connectivity index (χ0n) is 11.2. The molecule has 9 heteroatoms. The van der Waals surface area contributed by atoms with Crippen LogP contribution in [0.1, 0.15) is 23.7 Å². The minimum Gasteiger partial charge on any atom is -0.478 e. The second-order valence-electron chi connectivity index (χ2n) is 4.14. The number of halogens is 2. The molecule has 1 aromatic carbocycles. The maximum absolute atomic E-state index is 12.5. The summed E-state index contributed by atoms with van der Waals surface area (Å²) in [6.45, 7) is 1.76. The van der Waals surface area contributed by atoms with E-state index in [2.05, 4.69) is 0 Å². The summed E-state index contributed by atoms with van der Waals surface area (Å²) in [5.74, 6) is -1.34.